The number of nitrogens with zero attached hydrogens (tertiary/aromatic N) is 1. The van der Waals surface area contributed by atoms with Gasteiger partial charge in [-0.1, -0.05) is 12.1 Å². The lowest BCUT2D eigenvalue weighted by Gasteiger charge is -2.21. The van der Waals surface area contributed by atoms with E-state index in [1.165, 1.54) is 29.7 Å². The monoisotopic (exact) mass is 402 g/mol. The van der Waals surface area contributed by atoms with Crippen LogP contribution < -0.4 is 5.32 Å². The Hall–Kier alpha value is -2.97. The Bertz CT molecular complexity index is 1030. The number of halogens is 1. The molecule has 0 spiro atoms. The van der Waals surface area contributed by atoms with E-state index in [1.807, 2.05) is 0 Å². The molecule has 0 atom stereocenters. The third-order valence-corrected chi connectivity index (χ3v) is 5.97. The van der Waals surface area contributed by atoms with Crippen LogP contribution in [0.5, 0.6) is 0 Å². The van der Waals surface area contributed by atoms with E-state index in [0.29, 0.717) is 16.9 Å². The molecular weight excluding hydrogens is 383 g/mol. The summed E-state index contributed by atoms with van der Waals surface area (Å²) in [5.41, 5.74) is 1.18. The van der Waals surface area contributed by atoms with Crippen LogP contribution in [-0.2, 0) is 23.1 Å². The van der Waals surface area contributed by atoms with Crippen LogP contribution >= 0.6 is 0 Å². The molecular formula is C20H19FN2O4S. The van der Waals surface area contributed by atoms with Gasteiger partial charge < -0.3 is 9.73 Å². The van der Waals surface area contributed by atoms with Crippen molar-refractivity contribution in [2.24, 2.45) is 0 Å². The van der Waals surface area contributed by atoms with Crippen LogP contribution in [0.3, 0.4) is 0 Å². The van der Waals surface area contributed by atoms with Gasteiger partial charge in [0.1, 0.15) is 11.6 Å². The van der Waals surface area contributed by atoms with E-state index >= 15 is 0 Å². The molecule has 8 heteroatoms. The summed E-state index contributed by atoms with van der Waals surface area (Å²) in [6, 6.07) is 14.7. The van der Waals surface area contributed by atoms with E-state index in [0.717, 1.165) is 12.1 Å². The summed E-state index contributed by atoms with van der Waals surface area (Å²) in [5.74, 6) is -0.257. The Labute approximate surface area is 162 Å². The minimum atomic E-state index is -3.90. The van der Waals surface area contributed by atoms with Gasteiger partial charge in [0.15, 0.2) is 0 Å². The summed E-state index contributed by atoms with van der Waals surface area (Å²) in [6.45, 7) is 0.0817. The second-order valence-electron chi connectivity index (χ2n) is 6.08. The SMILES string of the molecule is CNC(=O)c1ccc(CN(Cc2ccco2)S(=O)(=O)c2ccc(F)cc2)cc1. The minimum absolute atomic E-state index is 0.0116. The molecule has 0 radical (unpaired) electrons. The molecule has 2 aromatic carbocycles. The van der Waals surface area contributed by atoms with Gasteiger partial charge in [-0.2, -0.15) is 4.31 Å². The molecule has 0 saturated heterocycles. The van der Waals surface area contributed by atoms with Gasteiger partial charge in [0.05, 0.1) is 17.7 Å². The van der Waals surface area contributed by atoms with Crippen LogP contribution in [0.2, 0.25) is 0 Å². The van der Waals surface area contributed by atoms with Crippen molar-refractivity contribution in [1.29, 1.82) is 0 Å². The van der Waals surface area contributed by atoms with E-state index in [-0.39, 0.29) is 23.9 Å². The number of hydrogen-bond acceptors (Lipinski definition) is 4. The molecule has 0 unspecified atom stereocenters. The van der Waals surface area contributed by atoms with E-state index in [4.69, 9.17) is 4.42 Å². The second-order valence-corrected chi connectivity index (χ2v) is 8.02. The first-order valence-corrected chi connectivity index (χ1v) is 9.93. The molecule has 0 aliphatic rings. The van der Waals surface area contributed by atoms with Gasteiger partial charge in [-0.05, 0) is 54.1 Å². The van der Waals surface area contributed by atoms with Crippen molar-refractivity contribution in [3.05, 3.63) is 89.6 Å². The van der Waals surface area contributed by atoms with Gasteiger partial charge in [-0.25, -0.2) is 12.8 Å². The zero-order valence-corrected chi connectivity index (χ0v) is 15.9. The summed E-state index contributed by atoms with van der Waals surface area (Å²) in [7, 11) is -2.36. The number of rotatable bonds is 7. The van der Waals surface area contributed by atoms with Crippen molar-refractivity contribution in [2.45, 2.75) is 18.0 Å². The van der Waals surface area contributed by atoms with Crippen LogP contribution in [0.1, 0.15) is 21.7 Å². The predicted molar refractivity (Wildman–Crippen MR) is 101 cm³/mol. The zero-order valence-electron chi connectivity index (χ0n) is 15.1. The van der Waals surface area contributed by atoms with Crippen LogP contribution in [-0.4, -0.2) is 25.7 Å². The molecule has 0 saturated carbocycles. The predicted octanol–water partition coefficient (Wildman–Crippen LogP) is 3.17. The topological polar surface area (TPSA) is 79.6 Å². The summed E-state index contributed by atoms with van der Waals surface area (Å²) in [4.78, 5) is 11.7. The van der Waals surface area contributed by atoms with Gasteiger partial charge in [-0.3, -0.25) is 4.79 Å². The molecule has 0 fully saturated rings. The van der Waals surface area contributed by atoms with Crippen molar-refractivity contribution < 1.29 is 22.0 Å². The maximum atomic E-state index is 13.2. The van der Waals surface area contributed by atoms with Gasteiger partial charge >= 0.3 is 0 Å². The van der Waals surface area contributed by atoms with Gasteiger partial charge in [-0.15, -0.1) is 0 Å². The highest BCUT2D eigenvalue weighted by Crippen LogP contribution is 2.22. The van der Waals surface area contributed by atoms with Gasteiger partial charge in [0, 0.05) is 19.2 Å². The lowest BCUT2D eigenvalue weighted by Crippen LogP contribution is -2.30. The van der Waals surface area contributed by atoms with E-state index < -0.39 is 15.8 Å². The van der Waals surface area contributed by atoms with Gasteiger partial charge in [0.25, 0.3) is 5.91 Å². The molecule has 0 aliphatic carbocycles. The van der Waals surface area contributed by atoms with Crippen LogP contribution in [0.4, 0.5) is 4.39 Å². The smallest absolute Gasteiger partial charge is 0.251 e. The molecule has 0 aliphatic heterocycles. The largest absolute Gasteiger partial charge is 0.468 e. The number of carbonyl (C=O) groups is 1. The van der Waals surface area contributed by atoms with Crippen molar-refractivity contribution >= 4 is 15.9 Å². The summed E-state index contributed by atoms with van der Waals surface area (Å²) >= 11 is 0. The highest BCUT2D eigenvalue weighted by molar-refractivity contribution is 7.89. The number of furan rings is 1. The van der Waals surface area contributed by atoms with E-state index in [9.17, 15) is 17.6 Å². The summed E-state index contributed by atoms with van der Waals surface area (Å²) in [6.07, 6.45) is 1.47. The molecule has 1 aromatic heterocycles. The highest BCUT2D eigenvalue weighted by atomic mass is 32.2. The number of benzene rings is 2. The quantitative estimate of drug-likeness (QED) is 0.658. The molecule has 6 nitrogen and oxygen atoms in total. The lowest BCUT2D eigenvalue weighted by atomic mass is 10.1. The molecule has 1 N–H and O–H groups in total. The molecule has 28 heavy (non-hydrogen) atoms. The van der Waals surface area contributed by atoms with Crippen molar-refractivity contribution in [3.63, 3.8) is 0 Å². The van der Waals surface area contributed by atoms with E-state index in [1.54, 1.807) is 36.4 Å². The summed E-state index contributed by atoms with van der Waals surface area (Å²) < 4.78 is 45.9. The maximum absolute atomic E-state index is 13.2. The molecule has 3 aromatic rings. The average molecular weight is 402 g/mol. The van der Waals surface area contributed by atoms with Crippen molar-refractivity contribution in [1.82, 2.24) is 9.62 Å². The molecule has 1 amide bonds. The van der Waals surface area contributed by atoms with Crippen LogP contribution in [0.25, 0.3) is 0 Å². The molecule has 146 valence electrons. The number of nitrogens with one attached hydrogen (secondary N) is 1. The Morgan fingerprint density at radius 1 is 1.04 bits per heavy atom. The van der Waals surface area contributed by atoms with E-state index in [2.05, 4.69) is 5.32 Å². The summed E-state index contributed by atoms with van der Waals surface area (Å²) in [5, 5.41) is 2.53. The van der Waals surface area contributed by atoms with Crippen molar-refractivity contribution in [3.8, 4) is 0 Å². The Kier molecular flexibility index (Phi) is 5.91. The third-order valence-electron chi connectivity index (χ3n) is 4.17. The van der Waals surface area contributed by atoms with Gasteiger partial charge in [0.2, 0.25) is 10.0 Å². The maximum Gasteiger partial charge on any atom is 0.251 e. The Morgan fingerprint density at radius 2 is 1.71 bits per heavy atom. The number of sulfonamides is 1. The number of carbonyl (C=O) groups excluding carboxylic acids is 1. The standard InChI is InChI=1S/C20H19FN2O4S/c1-22-20(24)16-6-4-15(5-7-16)13-23(14-18-3-2-12-27-18)28(25,26)19-10-8-17(21)9-11-19/h2-12H,13-14H2,1H3,(H,22,24). The third kappa shape index (κ3) is 4.47. The normalized spacial score (nSPS) is 11.5. The fourth-order valence-corrected chi connectivity index (χ4v) is 4.06. The first-order chi connectivity index (χ1) is 13.4. The number of hydrogen-bond donors (Lipinski definition) is 1. The van der Waals surface area contributed by atoms with Crippen LogP contribution in [0, 0.1) is 5.82 Å². The second kappa shape index (κ2) is 8.37. The van der Waals surface area contributed by atoms with Crippen molar-refractivity contribution in [2.75, 3.05) is 7.05 Å². The molecule has 1 heterocycles. The lowest BCUT2D eigenvalue weighted by molar-refractivity contribution is 0.0963. The Balaban J connectivity index is 1.90. The average Bonchev–Trinajstić information content (AvgIpc) is 3.21. The first kappa shape index (κ1) is 19.8. The fourth-order valence-electron chi connectivity index (χ4n) is 2.67. The highest BCUT2D eigenvalue weighted by Gasteiger charge is 2.26. The molecule has 0 bridgehead atoms. The Morgan fingerprint density at radius 3 is 2.29 bits per heavy atom. The first-order valence-electron chi connectivity index (χ1n) is 8.49. The number of amides is 1. The fraction of sp³-hybridized carbons (Fsp3) is 0.150. The molecule has 3 rings (SSSR count). The zero-order chi connectivity index (χ0) is 20.1. The minimum Gasteiger partial charge on any atom is -0.468 e. The van der Waals surface area contributed by atoms with Crippen LogP contribution in [0.15, 0.2) is 76.2 Å².